The molecule has 2 rings (SSSR count). The summed E-state index contributed by atoms with van der Waals surface area (Å²) in [5.74, 6) is -1.04. The SMILES string of the molecule is COCCS(=O)(=O)CC(=O)N[C@@H]1CCCc2ccccc21. The van der Waals surface area contributed by atoms with E-state index in [1.165, 1.54) is 12.7 Å². The maximum Gasteiger partial charge on any atom is 0.235 e. The van der Waals surface area contributed by atoms with Gasteiger partial charge in [-0.15, -0.1) is 0 Å². The number of carbonyl (C=O) groups excluding carboxylic acids is 1. The molecule has 0 spiro atoms. The minimum absolute atomic E-state index is 0.0833. The first kappa shape index (κ1) is 16.0. The minimum Gasteiger partial charge on any atom is -0.384 e. The van der Waals surface area contributed by atoms with Crippen molar-refractivity contribution in [1.29, 1.82) is 0 Å². The summed E-state index contributed by atoms with van der Waals surface area (Å²) in [5.41, 5.74) is 2.34. The molecule has 21 heavy (non-hydrogen) atoms. The molecule has 5 nitrogen and oxygen atoms in total. The molecule has 1 amide bonds. The van der Waals surface area contributed by atoms with Crippen molar-refractivity contribution in [1.82, 2.24) is 5.32 Å². The molecular weight excluding hydrogens is 290 g/mol. The zero-order valence-electron chi connectivity index (χ0n) is 12.2. The predicted molar refractivity (Wildman–Crippen MR) is 80.8 cm³/mol. The van der Waals surface area contributed by atoms with Gasteiger partial charge in [-0.2, -0.15) is 0 Å². The van der Waals surface area contributed by atoms with Gasteiger partial charge in [0.2, 0.25) is 5.91 Å². The Kier molecular flexibility index (Phi) is 5.36. The van der Waals surface area contributed by atoms with E-state index < -0.39 is 21.5 Å². The third-order valence-corrected chi connectivity index (χ3v) is 5.14. The lowest BCUT2D eigenvalue weighted by Crippen LogP contribution is -2.36. The molecule has 116 valence electrons. The van der Waals surface area contributed by atoms with E-state index in [9.17, 15) is 13.2 Å². The van der Waals surface area contributed by atoms with Crippen LogP contribution in [0.3, 0.4) is 0 Å². The van der Waals surface area contributed by atoms with Crippen molar-refractivity contribution in [3.05, 3.63) is 35.4 Å². The lowest BCUT2D eigenvalue weighted by Gasteiger charge is -2.26. The fraction of sp³-hybridized carbons (Fsp3) is 0.533. The average Bonchev–Trinajstić information content (AvgIpc) is 2.45. The summed E-state index contributed by atoms with van der Waals surface area (Å²) in [6, 6.07) is 7.90. The molecule has 0 saturated heterocycles. The van der Waals surface area contributed by atoms with Crippen LogP contribution in [0.25, 0.3) is 0 Å². The number of carbonyl (C=O) groups is 1. The van der Waals surface area contributed by atoms with Gasteiger partial charge in [-0.3, -0.25) is 4.79 Å². The van der Waals surface area contributed by atoms with Gasteiger partial charge >= 0.3 is 0 Å². The molecule has 0 fully saturated rings. The van der Waals surface area contributed by atoms with Gasteiger partial charge in [0.1, 0.15) is 5.75 Å². The average molecular weight is 311 g/mol. The van der Waals surface area contributed by atoms with E-state index in [0.717, 1.165) is 24.8 Å². The zero-order chi connectivity index (χ0) is 15.3. The van der Waals surface area contributed by atoms with E-state index in [1.807, 2.05) is 18.2 Å². The number of aryl methyl sites for hydroxylation is 1. The Bertz CT molecular complexity index is 597. The molecule has 0 heterocycles. The van der Waals surface area contributed by atoms with Crippen LogP contribution in [-0.2, 0) is 25.8 Å². The molecule has 1 aromatic rings. The van der Waals surface area contributed by atoms with E-state index in [0.29, 0.717) is 0 Å². The third kappa shape index (κ3) is 4.54. The first-order valence-electron chi connectivity index (χ1n) is 7.08. The van der Waals surface area contributed by atoms with Crippen LogP contribution in [0.4, 0.5) is 0 Å². The van der Waals surface area contributed by atoms with E-state index >= 15 is 0 Å². The normalized spacial score (nSPS) is 18.0. The molecule has 1 aliphatic carbocycles. The summed E-state index contributed by atoms with van der Waals surface area (Å²) >= 11 is 0. The summed E-state index contributed by atoms with van der Waals surface area (Å²) in [6.45, 7) is 0.113. The second-order valence-electron chi connectivity index (χ2n) is 5.30. The van der Waals surface area contributed by atoms with Crippen molar-refractivity contribution >= 4 is 15.7 Å². The highest BCUT2D eigenvalue weighted by Crippen LogP contribution is 2.29. The first-order valence-corrected chi connectivity index (χ1v) is 8.90. The molecule has 1 atom stereocenters. The molecule has 0 aromatic heterocycles. The van der Waals surface area contributed by atoms with Crippen LogP contribution >= 0.6 is 0 Å². The quantitative estimate of drug-likeness (QED) is 0.858. The largest absolute Gasteiger partial charge is 0.384 e. The van der Waals surface area contributed by atoms with E-state index in [2.05, 4.69) is 11.4 Å². The fourth-order valence-electron chi connectivity index (χ4n) is 2.62. The lowest BCUT2D eigenvalue weighted by molar-refractivity contribution is -0.119. The number of fused-ring (bicyclic) bond motifs is 1. The number of benzene rings is 1. The summed E-state index contributed by atoms with van der Waals surface area (Å²) in [4.78, 5) is 12.0. The van der Waals surface area contributed by atoms with Crippen LogP contribution in [0.5, 0.6) is 0 Å². The summed E-state index contributed by atoms with van der Waals surface area (Å²) in [5, 5.41) is 2.85. The van der Waals surface area contributed by atoms with Crippen LogP contribution in [0.2, 0.25) is 0 Å². The second-order valence-corrected chi connectivity index (χ2v) is 7.48. The van der Waals surface area contributed by atoms with Crippen molar-refractivity contribution in [3.63, 3.8) is 0 Å². The van der Waals surface area contributed by atoms with Gasteiger partial charge in [0.05, 0.1) is 18.4 Å². The zero-order valence-corrected chi connectivity index (χ0v) is 13.0. The Morgan fingerprint density at radius 2 is 2.14 bits per heavy atom. The fourth-order valence-corrected chi connectivity index (χ4v) is 3.67. The topological polar surface area (TPSA) is 72.5 Å². The molecule has 0 unspecified atom stereocenters. The maximum atomic E-state index is 12.0. The van der Waals surface area contributed by atoms with Gasteiger partial charge in [0, 0.05) is 7.11 Å². The molecule has 1 aromatic carbocycles. The van der Waals surface area contributed by atoms with Gasteiger partial charge in [-0.05, 0) is 30.4 Å². The van der Waals surface area contributed by atoms with Gasteiger partial charge in [0.15, 0.2) is 9.84 Å². The number of rotatable bonds is 6. The van der Waals surface area contributed by atoms with E-state index in [4.69, 9.17) is 4.74 Å². The molecule has 0 aliphatic heterocycles. The van der Waals surface area contributed by atoms with Gasteiger partial charge in [-0.1, -0.05) is 24.3 Å². The highest BCUT2D eigenvalue weighted by atomic mass is 32.2. The van der Waals surface area contributed by atoms with Gasteiger partial charge in [0.25, 0.3) is 0 Å². The summed E-state index contributed by atoms with van der Waals surface area (Å²) < 4.78 is 28.2. The van der Waals surface area contributed by atoms with Gasteiger partial charge in [-0.25, -0.2) is 8.42 Å². The maximum absolute atomic E-state index is 12.0. The van der Waals surface area contributed by atoms with Crippen LogP contribution in [0, 0.1) is 0 Å². The van der Waals surface area contributed by atoms with E-state index in [1.54, 1.807) is 0 Å². The molecule has 6 heteroatoms. The predicted octanol–water partition coefficient (Wildman–Crippen LogP) is 1.24. The Balaban J connectivity index is 1.98. The molecule has 1 N–H and O–H groups in total. The summed E-state index contributed by atoms with van der Waals surface area (Å²) in [6.07, 6.45) is 2.86. The smallest absolute Gasteiger partial charge is 0.235 e. The molecule has 0 bridgehead atoms. The van der Waals surface area contributed by atoms with Crippen molar-refractivity contribution < 1.29 is 17.9 Å². The number of nitrogens with one attached hydrogen (secondary N) is 1. The minimum atomic E-state index is -3.41. The number of hydrogen-bond acceptors (Lipinski definition) is 4. The van der Waals surface area contributed by atoms with Crippen molar-refractivity contribution in [2.24, 2.45) is 0 Å². The number of ether oxygens (including phenoxy) is 1. The highest BCUT2D eigenvalue weighted by Gasteiger charge is 2.23. The number of methoxy groups -OCH3 is 1. The van der Waals surface area contributed by atoms with Crippen molar-refractivity contribution in [2.45, 2.75) is 25.3 Å². The number of sulfone groups is 1. The Morgan fingerprint density at radius 3 is 2.90 bits per heavy atom. The van der Waals surface area contributed by atoms with Crippen molar-refractivity contribution in [3.8, 4) is 0 Å². The van der Waals surface area contributed by atoms with E-state index in [-0.39, 0.29) is 18.4 Å². The molecule has 1 aliphatic rings. The molecular formula is C15H21NO4S. The summed E-state index contributed by atoms with van der Waals surface area (Å²) in [7, 11) is -1.97. The highest BCUT2D eigenvalue weighted by molar-refractivity contribution is 7.92. The van der Waals surface area contributed by atoms with Crippen molar-refractivity contribution in [2.75, 3.05) is 25.2 Å². The first-order chi connectivity index (χ1) is 10.0. The lowest BCUT2D eigenvalue weighted by atomic mass is 9.88. The Hall–Kier alpha value is -1.40. The molecule has 0 saturated carbocycles. The second kappa shape index (κ2) is 7.04. The third-order valence-electron chi connectivity index (χ3n) is 3.65. The monoisotopic (exact) mass is 311 g/mol. The van der Waals surface area contributed by atoms with Crippen LogP contribution in [-0.4, -0.2) is 39.5 Å². The number of amides is 1. The van der Waals surface area contributed by atoms with Crippen LogP contribution in [0.1, 0.15) is 30.0 Å². The molecule has 0 radical (unpaired) electrons. The van der Waals surface area contributed by atoms with Crippen LogP contribution in [0.15, 0.2) is 24.3 Å². The van der Waals surface area contributed by atoms with Gasteiger partial charge < -0.3 is 10.1 Å². The van der Waals surface area contributed by atoms with Crippen LogP contribution < -0.4 is 5.32 Å². The standard InChI is InChI=1S/C15H21NO4S/c1-20-9-10-21(18,19)11-15(17)16-14-8-4-6-12-5-2-3-7-13(12)14/h2-3,5,7,14H,4,6,8-11H2,1H3,(H,16,17)/t14-/m1/s1. The number of hydrogen-bond donors (Lipinski definition) is 1. The Labute approximate surface area is 125 Å². The Morgan fingerprint density at radius 1 is 1.38 bits per heavy atom.